The molecule has 1 aromatic heterocycles. The molecule has 4 aromatic carbocycles. The standard InChI is InChI=1S/C33H25F6N3S/c34-32(35,36)23-15-24(33(37,38)39)17-25(16-23)41-31(43)42-30-14-20-6-5-19-7-9-21(11-12-22(30)10-8-20)27(13-19)28-18-40-29-4-2-1-3-26(28)29/h1-4,7-10,13-18,40H,5-6,11-12H2,(H2,41,42,43). The van der Waals surface area contributed by atoms with Gasteiger partial charge in [0.25, 0.3) is 0 Å². The number of benzene rings is 4. The molecule has 0 amide bonds. The second-order valence-electron chi connectivity index (χ2n) is 10.6. The summed E-state index contributed by atoms with van der Waals surface area (Å²) >= 11 is 5.36. The van der Waals surface area contributed by atoms with E-state index < -0.39 is 29.2 Å². The van der Waals surface area contributed by atoms with Crippen molar-refractivity contribution in [2.24, 2.45) is 0 Å². The van der Waals surface area contributed by atoms with Gasteiger partial charge in [0.05, 0.1) is 11.1 Å². The van der Waals surface area contributed by atoms with Crippen LogP contribution in [-0.4, -0.2) is 10.1 Å². The summed E-state index contributed by atoms with van der Waals surface area (Å²) in [5.74, 6) is 0. The van der Waals surface area contributed by atoms with Gasteiger partial charge in [-0.3, -0.25) is 0 Å². The summed E-state index contributed by atoms with van der Waals surface area (Å²) in [4.78, 5) is 3.36. The van der Waals surface area contributed by atoms with Crippen LogP contribution >= 0.6 is 12.2 Å². The highest BCUT2D eigenvalue weighted by Crippen LogP contribution is 2.38. The largest absolute Gasteiger partial charge is 0.416 e. The minimum Gasteiger partial charge on any atom is -0.361 e. The van der Waals surface area contributed by atoms with E-state index in [2.05, 4.69) is 39.9 Å². The maximum Gasteiger partial charge on any atom is 0.416 e. The molecule has 0 unspecified atom stereocenters. The fourth-order valence-electron chi connectivity index (χ4n) is 5.53. The molecule has 0 saturated heterocycles. The molecule has 0 spiro atoms. The van der Waals surface area contributed by atoms with Gasteiger partial charge in [-0.2, -0.15) is 26.3 Å². The zero-order valence-corrected chi connectivity index (χ0v) is 23.4. The van der Waals surface area contributed by atoms with Gasteiger partial charge in [-0.05, 0) is 96.1 Å². The van der Waals surface area contributed by atoms with Crippen LogP contribution < -0.4 is 10.6 Å². The van der Waals surface area contributed by atoms with Crippen molar-refractivity contribution in [2.45, 2.75) is 38.0 Å². The van der Waals surface area contributed by atoms with Crippen LogP contribution in [-0.2, 0) is 38.0 Å². The van der Waals surface area contributed by atoms with Crippen LogP contribution in [0.15, 0.2) is 85.1 Å². The first-order chi connectivity index (χ1) is 20.4. The number of para-hydroxylation sites is 1. The molecule has 0 saturated carbocycles. The Balaban J connectivity index is 1.28. The van der Waals surface area contributed by atoms with Gasteiger partial charge >= 0.3 is 12.4 Å². The van der Waals surface area contributed by atoms with Gasteiger partial charge in [-0.15, -0.1) is 0 Å². The average Bonchev–Trinajstić information content (AvgIpc) is 3.37. The first-order valence-electron chi connectivity index (χ1n) is 13.6. The van der Waals surface area contributed by atoms with Gasteiger partial charge in [0.1, 0.15) is 0 Å². The number of aryl methyl sites for hydroxylation is 4. The van der Waals surface area contributed by atoms with Crippen LogP contribution in [0.4, 0.5) is 37.7 Å². The Kier molecular flexibility index (Phi) is 7.41. The molecular weight excluding hydrogens is 584 g/mol. The van der Waals surface area contributed by atoms with E-state index in [9.17, 15) is 26.3 Å². The third-order valence-electron chi connectivity index (χ3n) is 7.69. The van der Waals surface area contributed by atoms with Crippen LogP contribution in [0.5, 0.6) is 0 Å². The molecule has 4 aliphatic carbocycles. The number of anilines is 2. The van der Waals surface area contributed by atoms with Gasteiger partial charge in [0.15, 0.2) is 5.11 Å². The fourth-order valence-corrected chi connectivity index (χ4v) is 5.75. The Hall–Kier alpha value is -4.31. The van der Waals surface area contributed by atoms with Crippen LogP contribution in [0.25, 0.3) is 22.0 Å². The van der Waals surface area contributed by atoms with Crippen molar-refractivity contribution in [1.29, 1.82) is 0 Å². The summed E-state index contributed by atoms with van der Waals surface area (Å²) in [6, 6.07) is 22.0. The smallest absolute Gasteiger partial charge is 0.361 e. The lowest BCUT2D eigenvalue weighted by atomic mass is 9.90. The molecular formula is C33H25F6N3S. The van der Waals surface area contributed by atoms with E-state index >= 15 is 0 Å². The normalized spacial score (nSPS) is 13.5. The van der Waals surface area contributed by atoms with Crippen LogP contribution in [0, 0.1) is 0 Å². The Morgan fingerprint density at radius 2 is 1.28 bits per heavy atom. The summed E-state index contributed by atoms with van der Waals surface area (Å²) in [6.45, 7) is 0. The van der Waals surface area contributed by atoms with Crippen molar-refractivity contribution in [3.8, 4) is 11.1 Å². The minimum absolute atomic E-state index is 0.0874. The summed E-state index contributed by atoms with van der Waals surface area (Å²) in [6.07, 6.45) is -5.05. The van der Waals surface area contributed by atoms with E-state index in [1.807, 2.05) is 42.6 Å². The summed E-state index contributed by atoms with van der Waals surface area (Å²) in [7, 11) is 0. The molecule has 0 aliphatic heterocycles. The maximum atomic E-state index is 13.3. The highest BCUT2D eigenvalue weighted by atomic mass is 32.1. The van der Waals surface area contributed by atoms with Gasteiger partial charge in [-0.1, -0.05) is 48.5 Å². The third-order valence-corrected chi connectivity index (χ3v) is 7.89. The number of aromatic nitrogens is 1. The SMILES string of the molecule is FC(F)(F)c1cc(NC(=S)Nc2cc3ccc2CCc2ccc(cc2-c2c[nH]c4ccccc24)CC3)cc(C(F)(F)F)c1. The van der Waals surface area contributed by atoms with E-state index in [0.29, 0.717) is 30.7 Å². The number of rotatable bonds is 3. The van der Waals surface area contributed by atoms with Crippen LogP contribution in [0.3, 0.4) is 0 Å². The number of hydrogen-bond acceptors (Lipinski definition) is 1. The number of alkyl halides is 6. The molecule has 4 bridgehead atoms. The molecule has 4 aliphatic rings. The van der Waals surface area contributed by atoms with Crippen molar-refractivity contribution in [2.75, 3.05) is 10.6 Å². The Morgan fingerprint density at radius 3 is 1.98 bits per heavy atom. The number of aromatic amines is 1. The highest BCUT2D eigenvalue weighted by Gasteiger charge is 2.37. The third kappa shape index (κ3) is 6.24. The molecule has 0 atom stereocenters. The second kappa shape index (κ2) is 11.1. The molecule has 10 heteroatoms. The zero-order valence-electron chi connectivity index (χ0n) is 22.6. The van der Waals surface area contributed by atoms with E-state index in [0.717, 1.165) is 51.6 Å². The predicted octanol–water partition coefficient (Wildman–Crippen LogP) is 9.57. The van der Waals surface area contributed by atoms with Gasteiger partial charge in [0, 0.05) is 34.0 Å². The van der Waals surface area contributed by atoms with Crippen molar-refractivity contribution in [1.82, 2.24) is 4.98 Å². The molecule has 43 heavy (non-hydrogen) atoms. The lowest BCUT2D eigenvalue weighted by molar-refractivity contribution is -0.143. The van der Waals surface area contributed by atoms with Crippen molar-refractivity contribution in [3.05, 3.63) is 118 Å². The lowest BCUT2D eigenvalue weighted by Gasteiger charge is -2.19. The maximum absolute atomic E-state index is 13.3. The van der Waals surface area contributed by atoms with Crippen LogP contribution in [0.1, 0.15) is 33.4 Å². The van der Waals surface area contributed by atoms with Crippen molar-refractivity contribution >= 4 is 39.6 Å². The Bertz CT molecular complexity index is 1810. The average molecular weight is 610 g/mol. The lowest BCUT2D eigenvalue weighted by Crippen LogP contribution is -2.21. The van der Waals surface area contributed by atoms with Gasteiger partial charge < -0.3 is 15.6 Å². The number of halogens is 6. The molecule has 1 heterocycles. The first-order valence-corrected chi connectivity index (χ1v) is 14.0. The van der Waals surface area contributed by atoms with Crippen LogP contribution in [0.2, 0.25) is 0 Å². The highest BCUT2D eigenvalue weighted by molar-refractivity contribution is 7.80. The number of fused-ring (bicyclic) bond motifs is 1. The first kappa shape index (κ1) is 28.8. The summed E-state index contributed by atoms with van der Waals surface area (Å²) in [5.41, 5.74) is 5.04. The number of hydrogen-bond donors (Lipinski definition) is 3. The molecule has 220 valence electrons. The molecule has 9 rings (SSSR count). The molecule has 0 radical (unpaired) electrons. The van der Waals surface area contributed by atoms with Gasteiger partial charge in [-0.25, -0.2) is 0 Å². The summed E-state index contributed by atoms with van der Waals surface area (Å²) in [5, 5.41) is 6.59. The van der Waals surface area contributed by atoms with Gasteiger partial charge in [0.2, 0.25) is 0 Å². The van der Waals surface area contributed by atoms with Crippen molar-refractivity contribution in [3.63, 3.8) is 0 Å². The molecule has 5 aromatic rings. The topological polar surface area (TPSA) is 39.8 Å². The predicted molar refractivity (Wildman–Crippen MR) is 161 cm³/mol. The Morgan fingerprint density at radius 1 is 0.651 bits per heavy atom. The van der Waals surface area contributed by atoms with E-state index in [1.165, 1.54) is 5.56 Å². The molecule has 0 fully saturated rings. The number of thiocarbonyl (C=S) groups is 1. The van der Waals surface area contributed by atoms with E-state index in [1.54, 1.807) is 0 Å². The fraction of sp³-hybridized carbons (Fsp3) is 0.182. The second-order valence-corrected chi connectivity index (χ2v) is 11.0. The van der Waals surface area contributed by atoms with E-state index in [-0.39, 0.29) is 11.2 Å². The van der Waals surface area contributed by atoms with Crippen molar-refractivity contribution < 1.29 is 26.3 Å². The monoisotopic (exact) mass is 609 g/mol. The molecule has 3 N–H and O–H groups in total. The quantitative estimate of drug-likeness (QED) is 0.141. The Labute approximate surface area is 248 Å². The zero-order chi connectivity index (χ0) is 30.4. The van der Waals surface area contributed by atoms with E-state index in [4.69, 9.17) is 12.2 Å². The number of H-pyrrole nitrogens is 1. The minimum atomic E-state index is -4.96. The number of nitrogens with one attached hydrogen (secondary N) is 3. The summed E-state index contributed by atoms with van der Waals surface area (Å²) < 4.78 is 80.1. The molecule has 3 nitrogen and oxygen atoms in total.